The maximum absolute atomic E-state index is 4.89. The van der Waals surface area contributed by atoms with Gasteiger partial charge in [0.1, 0.15) is 0 Å². The summed E-state index contributed by atoms with van der Waals surface area (Å²) in [5.41, 5.74) is 11.0. The van der Waals surface area contributed by atoms with E-state index in [-0.39, 0.29) is 0 Å². The molecule has 2 aliphatic rings. The van der Waals surface area contributed by atoms with Crippen molar-refractivity contribution in [1.29, 1.82) is 0 Å². The number of fused-ring (bicyclic) bond motifs is 6. The zero-order chi connectivity index (χ0) is 24.2. The van der Waals surface area contributed by atoms with E-state index in [0.717, 1.165) is 12.8 Å². The summed E-state index contributed by atoms with van der Waals surface area (Å²) in [7, 11) is 9.78. The van der Waals surface area contributed by atoms with Crippen LogP contribution in [0.3, 0.4) is 0 Å². The molecular weight excluding hydrogens is 552 g/mol. The van der Waals surface area contributed by atoms with Crippen LogP contribution in [0.25, 0.3) is 22.3 Å². The Kier molecular flexibility index (Phi) is 12.0. The molecule has 6 rings (SSSR count). The summed E-state index contributed by atoms with van der Waals surface area (Å²) >= 11 is -0.243. The second-order valence-corrected chi connectivity index (χ2v) is 15.2. The largest absolute Gasteiger partial charge is 0.179 e. The third-order valence-electron chi connectivity index (χ3n) is 5.81. The van der Waals surface area contributed by atoms with Crippen molar-refractivity contribution in [2.45, 2.75) is 37.2 Å². The van der Waals surface area contributed by atoms with E-state index in [9.17, 15) is 0 Å². The first-order valence-electron chi connectivity index (χ1n) is 11.7. The average Bonchev–Trinajstić information content (AvgIpc) is 3.44. The van der Waals surface area contributed by atoms with Gasteiger partial charge in [-0.2, -0.15) is 59.7 Å². The zero-order valence-electron chi connectivity index (χ0n) is 19.7. The van der Waals surface area contributed by atoms with Crippen molar-refractivity contribution in [1.82, 2.24) is 0 Å². The monoisotopic (exact) mass is 581 g/mol. The van der Waals surface area contributed by atoms with Gasteiger partial charge in [-0.15, -0.1) is 11.1 Å². The van der Waals surface area contributed by atoms with Gasteiger partial charge in [-0.05, 0) is 12.8 Å². The normalized spacial score (nSPS) is 11.1. The Labute approximate surface area is 228 Å². The van der Waals surface area contributed by atoms with Crippen molar-refractivity contribution in [3.8, 4) is 22.3 Å². The van der Waals surface area contributed by atoms with Gasteiger partial charge in [0.2, 0.25) is 0 Å². The molecule has 0 spiro atoms. The van der Waals surface area contributed by atoms with Crippen LogP contribution in [0.15, 0.2) is 84.9 Å². The molecule has 0 aliphatic heterocycles. The Morgan fingerprint density at radius 3 is 1.41 bits per heavy atom. The third kappa shape index (κ3) is 7.36. The third-order valence-corrected chi connectivity index (χ3v) is 8.23. The Morgan fingerprint density at radius 1 is 0.647 bits per heavy atom. The van der Waals surface area contributed by atoms with Crippen LogP contribution in [0.2, 0.25) is 10.5 Å². The van der Waals surface area contributed by atoms with Crippen LogP contribution in [0.4, 0.5) is 0 Å². The molecular formula is C30H29Cl2GeTi-2. The molecule has 0 aromatic heterocycles. The fourth-order valence-corrected chi connectivity index (χ4v) is 5.50. The first-order valence-corrected chi connectivity index (χ1v) is 19.4. The van der Waals surface area contributed by atoms with Crippen LogP contribution < -0.4 is 0 Å². The summed E-state index contributed by atoms with van der Waals surface area (Å²) in [4.78, 5) is 0. The second-order valence-electron chi connectivity index (χ2n) is 7.97. The molecule has 0 atom stereocenters. The standard InChI is InChI=1S/2C13H9.C4H11Ge.2ClH.Ti/c2*1-3-7-12-10(5-1)9-11-6-2-4-8-13(11)12;1-3-5-4-2;;;/h2*1-5,7-8H,9H2;5H,3-4H2,1-2H3;2*1H;/q2*-1;;;;+2/p-2. The predicted molar refractivity (Wildman–Crippen MR) is 147 cm³/mol. The summed E-state index contributed by atoms with van der Waals surface area (Å²) in [5.74, 6) is 0. The van der Waals surface area contributed by atoms with Gasteiger partial charge < -0.3 is 0 Å². The van der Waals surface area contributed by atoms with Crippen molar-refractivity contribution in [2.24, 2.45) is 0 Å². The van der Waals surface area contributed by atoms with Gasteiger partial charge in [-0.1, -0.05) is 70.8 Å². The van der Waals surface area contributed by atoms with E-state index < -0.39 is 17.0 Å². The number of hydrogen-bond acceptors (Lipinski definition) is 0. The minimum absolute atomic E-state index is 0.312. The molecule has 0 saturated heterocycles. The van der Waals surface area contributed by atoms with Crippen LogP contribution >= 0.6 is 18.6 Å². The van der Waals surface area contributed by atoms with E-state index in [2.05, 4.69) is 98.8 Å². The van der Waals surface area contributed by atoms with Gasteiger partial charge in [0.15, 0.2) is 0 Å². The molecule has 0 nitrogen and oxygen atoms in total. The summed E-state index contributed by atoms with van der Waals surface area (Å²) in [6.07, 6.45) is 2.10. The zero-order valence-corrected chi connectivity index (χ0v) is 25.2. The van der Waals surface area contributed by atoms with Gasteiger partial charge in [0.25, 0.3) is 0 Å². The fraction of sp³-hybridized carbons (Fsp3) is 0.200. The number of rotatable bonds is 2. The molecule has 0 unspecified atom stereocenters. The molecule has 4 heteroatoms. The Bertz CT molecular complexity index is 998. The van der Waals surface area contributed by atoms with Gasteiger partial charge in [0, 0.05) is 0 Å². The molecule has 4 aromatic rings. The molecule has 0 bridgehead atoms. The SMILES string of the molecule is C[CH2][GeH][CH2]C.[Cl][Ti][Cl].[c-]1cccc2c1Cc1ccccc1-2.[c-]1cccc2c1Cc1ccccc1-2. The molecule has 0 fully saturated rings. The van der Waals surface area contributed by atoms with E-state index in [1.807, 2.05) is 12.1 Å². The Morgan fingerprint density at radius 2 is 1.03 bits per heavy atom. The molecule has 34 heavy (non-hydrogen) atoms. The van der Waals surface area contributed by atoms with Crippen molar-refractivity contribution >= 4 is 34.0 Å². The minimum atomic E-state index is -0.556. The molecule has 0 amide bonds. The summed E-state index contributed by atoms with van der Waals surface area (Å²) in [5, 5.41) is 3.00. The molecule has 2 aliphatic carbocycles. The number of hydrogen-bond donors (Lipinski definition) is 0. The van der Waals surface area contributed by atoms with E-state index >= 15 is 0 Å². The van der Waals surface area contributed by atoms with Crippen LogP contribution in [0, 0.1) is 12.1 Å². The van der Waals surface area contributed by atoms with Crippen LogP contribution in [-0.4, -0.2) is 15.4 Å². The van der Waals surface area contributed by atoms with E-state index in [1.54, 1.807) is 0 Å². The van der Waals surface area contributed by atoms with E-state index in [0.29, 0.717) is 15.4 Å². The maximum Gasteiger partial charge on any atom is -0.0253 e. The van der Waals surface area contributed by atoms with Crippen LogP contribution in [0.5, 0.6) is 0 Å². The summed E-state index contributed by atoms with van der Waals surface area (Å²) < 4.78 is 0. The average molecular weight is 581 g/mol. The van der Waals surface area contributed by atoms with E-state index in [4.69, 9.17) is 18.6 Å². The van der Waals surface area contributed by atoms with Crippen molar-refractivity contribution in [2.75, 3.05) is 0 Å². The maximum atomic E-state index is 4.89. The van der Waals surface area contributed by atoms with Crippen LogP contribution in [0.1, 0.15) is 36.1 Å². The molecule has 0 heterocycles. The summed E-state index contributed by atoms with van der Waals surface area (Å²) in [6.45, 7) is 4.56. The molecule has 173 valence electrons. The van der Waals surface area contributed by atoms with Gasteiger partial charge in [0.05, 0.1) is 0 Å². The summed E-state index contributed by atoms with van der Waals surface area (Å²) in [6, 6.07) is 36.2. The minimum Gasteiger partial charge on any atom is -0.179 e. The Balaban J connectivity index is 0.000000147. The first-order chi connectivity index (χ1) is 16.7. The molecule has 0 saturated carbocycles. The second kappa shape index (κ2) is 15.0. The van der Waals surface area contributed by atoms with Gasteiger partial charge in [-0.3, -0.25) is 0 Å². The van der Waals surface area contributed by atoms with E-state index in [1.165, 1.54) is 55.0 Å². The number of benzene rings is 4. The Hall–Kier alpha value is -1.28. The van der Waals surface area contributed by atoms with Crippen LogP contribution in [-0.2, 0) is 29.9 Å². The van der Waals surface area contributed by atoms with Crippen molar-refractivity contribution < 1.29 is 17.0 Å². The van der Waals surface area contributed by atoms with Crippen molar-refractivity contribution in [3.05, 3.63) is 119 Å². The number of halogens is 2. The topological polar surface area (TPSA) is 0 Å². The van der Waals surface area contributed by atoms with Gasteiger partial charge in [-0.25, -0.2) is 0 Å². The predicted octanol–water partition coefficient (Wildman–Crippen LogP) is 8.79. The molecule has 0 N–H and O–H groups in total. The molecule has 4 aromatic carbocycles. The first kappa shape index (κ1) is 27.3. The fourth-order valence-electron chi connectivity index (χ4n) is 4.28. The van der Waals surface area contributed by atoms with Gasteiger partial charge >= 0.3 is 75.4 Å². The van der Waals surface area contributed by atoms with Crippen molar-refractivity contribution in [3.63, 3.8) is 0 Å². The molecule has 1 radical (unpaired) electrons. The quantitative estimate of drug-likeness (QED) is 0.142. The smallest absolute Gasteiger partial charge is 0.0253 e.